The fraction of sp³-hybridized carbons (Fsp3) is 0.500. The zero-order valence-corrected chi connectivity index (χ0v) is 12.4. The molecule has 1 aromatic rings. The lowest BCUT2D eigenvalue weighted by Gasteiger charge is -2.29. The summed E-state index contributed by atoms with van der Waals surface area (Å²) in [6.45, 7) is 1.84. The van der Waals surface area contributed by atoms with Gasteiger partial charge < -0.3 is 10.2 Å². The maximum absolute atomic E-state index is 12.1. The van der Waals surface area contributed by atoms with Gasteiger partial charge in [-0.3, -0.25) is 8.98 Å². The molecule has 0 aliphatic heterocycles. The molecule has 0 radical (unpaired) electrons. The number of aliphatic hydroxyl groups is 1. The molecule has 6 nitrogen and oxygen atoms in total. The third-order valence-electron chi connectivity index (χ3n) is 3.56. The van der Waals surface area contributed by atoms with Crippen LogP contribution < -0.4 is 0 Å². The van der Waals surface area contributed by atoms with Gasteiger partial charge in [-0.2, -0.15) is 8.42 Å². The van der Waals surface area contributed by atoms with Gasteiger partial charge in [0.25, 0.3) is 10.1 Å². The smallest absolute Gasteiger partial charge is 0.306 e. The molecule has 1 aliphatic rings. The first-order chi connectivity index (χ1) is 9.78. The second-order valence-electron chi connectivity index (χ2n) is 5.38. The van der Waals surface area contributed by atoms with E-state index in [2.05, 4.69) is 0 Å². The number of benzene rings is 1. The summed E-state index contributed by atoms with van der Waals surface area (Å²) in [4.78, 5) is 11.0. The first-order valence-corrected chi connectivity index (χ1v) is 8.09. The summed E-state index contributed by atoms with van der Waals surface area (Å²) in [5.74, 6) is -1.83. The average molecular weight is 314 g/mol. The first-order valence-electron chi connectivity index (χ1n) is 6.69. The lowest BCUT2D eigenvalue weighted by molar-refractivity contribution is -0.145. The topological polar surface area (TPSA) is 101 Å². The van der Waals surface area contributed by atoms with Crippen molar-refractivity contribution in [2.45, 2.75) is 43.3 Å². The van der Waals surface area contributed by atoms with Crippen molar-refractivity contribution < 1.29 is 27.6 Å². The second-order valence-corrected chi connectivity index (χ2v) is 6.95. The van der Waals surface area contributed by atoms with E-state index in [0.717, 1.165) is 5.56 Å². The van der Waals surface area contributed by atoms with E-state index in [1.807, 2.05) is 6.92 Å². The molecule has 1 fully saturated rings. The van der Waals surface area contributed by atoms with Gasteiger partial charge >= 0.3 is 5.97 Å². The van der Waals surface area contributed by atoms with Crippen molar-refractivity contribution in [3.8, 4) is 0 Å². The van der Waals surface area contributed by atoms with Crippen LogP contribution >= 0.6 is 0 Å². The van der Waals surface area contributed by atoms with E-state index in [9.17, 15) is 18.3 Å². The van der Waals surface area contributed by atoms with Crippen LogP contribution in [0, 0.1) is 12.8 Å². The van der Waals surface area contributed by atoms with Crippen LogP contribution in [0.15, 0.2) is 29.2 Å². The molecule has 0 saturated heterocycles. The lowest BCUT2D eigenvalue weighted by Crippen LogP contribution is -2.36. The van der Waals surface area contributed by atoms with Crippen LogP contribution in [0.5, 0.6) is 0 Å². The maximum atomic E-state index is 12.1. The van der Waals surface area contributed by atoms with E-state index >= 15 is 0 Å². The molecule has 2 rings (SSSR count). The summed E-state index contributed by atoms with van der Waals surface area (Å²) in [6, 6.07) is 6.20. The molecule has 21 heavy (non-hydrogen) atoms. The van der Waals surface area contributed by atoms with Gasteiger partial charge in [0.15, 0.2) is 0 Å². The molecule has 1 saturated carbocycles. The number of hydrogen-bond donors (Lipinski definition) is 2. The van der Waals surface area contributed by atoms with Crippen LogP contribution in [0.25, 0.3) is 0 Å². The van der Waals surface area contributed by atoms with Gasteiger partial charge in [0.1, 0.15) is 0 Å². The van der Waals surface area contributed by atoms with Crippen LogP contribution in [0.3, 0.4) is 0 Å². The highest BCUT2D eigenvalue weighted by molar-refractivity contribution is 7.86. The average Bonchev–Trinajstić information content (AvgIpc) is 2.37. The molecule has 0 aromatic heterocycles. The predicted octanol–water partition coefficient (Wildman–Crippen LogP) is 1.31. The van der Waals surface area contributed by atoms with Crippen LogP contribution in [-0.2, 0) is 19.1 Å². The van der Waals surface area contributed by atoms with Crippen LogP contribution in [-0.4, -0.2) is 36.8 Å². The van der Waals surface area contributed by atoms with Crippen molar-refractivity contribution in [2.75, 3.05) is 0 Å². The Morgan fingerprint density at radius 2 is 1.81 bits per heavy atom. The van der Waals surface area contributed by atoms with E-state index in [0.29, 0.717) is 0 Å². The monoisotopic (exact) mass is 314 g/mol. The Morgan fingerprint density at radius 3 is 2.38 bits per heavy atom. The van der Waals surface area contributed by atoms with Gasteiger partial charge in [0, 0.05) is 6.42 Å². The normalized spacial score (nSPS) is 26.5. The summed E-state index contributed by atoms with van der Waals surface area (Å²) >= 11 is 0. The molecule has 0 unspecified atom stereocenters. The van der Waals surface area contributed by atoms with E-state index in [1.54, 1.807) is 12.1 Å². The summed E-state index contributed by atoms with van der Waals surface area (Å²) < 4.78 is 29.4. The number of hydrogen-bond acceptors (Lipinski definition) is 5. The standard InChI is InChI=1S/C14H18O6S/c1-9-2-4-13(5-3-9)21(18,19)20-12-7-10(14(16)17)6-11(15)8-12/h2-5,10-12,15H,6-8H2,1H3,(H,16,17)/t10-,11+,12-/m1/s1. The number of carboxylic acid groups (broad SMARTS) is 1. The largest absolute Gasteiger partial charge is 0.481 e. The molecule has 0 amide bonds. The van der Waals surface area contributed by atoms with Crippen molar-refractivity contribution in [1.82, 2.24) is 0 Å². The highest BCUT2D eigenvalue weighted by Crippen LogP contribution is 2.29. The highest BCUT2D eigenvalue weighted by Gasteiger charge is 2.35. The molecule has 1 aliphatic carbocycles. The van der Waals surface area contributed by atoms with Crippen LogP contribution in [0.4, 0.5) is 0 Å². The van der Waals surface area contributed by atoms with Gasteiger partial charge in [-0.05, 0) is 31.9 Å². The summed E-state index contributed by atoms with van der Waals surface area (Å²) in [5.41, 5.74) is 0.924. The van der Waals surface area contributed by atoms with Crippen molar-refractivity contribution >= 4 is 16.1 Å². The number of carboxylic acids is 1. The van der Waals surface area contributed by atoms with Crippen molar-refractivity contribution in [2.24, 2.45) is 5.92 Å². The molecule has 116 valence electrons. The third-order valence-corrected chi connectivity index (χ3v) is 4.94. The van der Waals surface area contributed by atoms with Crippen molar-refractivity contribution in [3.63, 3.8) is 0 Å². The number of carbonyl (C=O) groups is 1. The van der Waals surface area contributed by atoms with Crippen LogP contribution in [0.1, 0.15) is 24.8 Å². The Kier molecular flexibility index (Phi) is 4.65. The Bertz CT molecular complexity index is 607. The zero-order valence-electron chi connectivity index (χ0n) is 11.6. The molecule has 7 heteroatoms. The number of rotatable bonds is 4. The molecule has 1 aromatic carbocycles. The number of aryl methyl sites for hydroxylation is 1. The highest BCUT2D eigenvalue weighted by atomic mass is 32.2. The predicted molar refractivity (Wildman–Crippen MR) is 74.2 cm³/mol. The molecule has 0 bridgehead atoms. The summed E-state index contributed by atoms with van der Waals surface area (Å²) in [6.07, 6.45) is -1.36. The minimum atomic E-state index is -3.95. The van der Waals surface area contributed by atoms with Gasteiger partial charge in [0.05, 0.1) is 23.0 Å². The maximum Gasteiger partial charge on any atom is 0.306 e. The van der Waals surface area contributed by atoms with Gasteiger partial charge in [-0.15, -0.1) is 0 Å². The molecule has 3 atom stereocenters. The van der Waals surface area contributed by atoms with Crippen molar-refractivity contribution in [3.05, 3.63) is 29.8 Å². The number of aliphatic hydroxyl groups excluding tert-OH is 1. The molecule has 0 heterocycles. The minimum Gasteiger partial charge on any atom is -0.481 e. The van der Waals surface area contributed by atoms with Gasteiger partial charge in [0.2, 0.25) is 0 Å². The minimum absolute atomic E-state index is 0.0278. The van der Waals surface area contributed by atoms with Gasteiger partial charge in [-0.25, -0.2) is 0 Å². The number of aliphatic carboxylic acids is 1. The molecular weight excluding hydrogens is 296 g/mol. The Balaban J connectivity index is 2.12. The zero-order chi connectivity index (χ0) is 15.6. The van der Waals surface area contributed by atoms with Crippen molar-refractivity contribution in [1.29, 1.82) is 0 Å². The Morgan fingerprint density at radius 1 is 1.19 bits per heavy atom. The first kappa shape index (κ1) is 15.9. The van der Waals surface area contributed by atoms with E-state index in [4.69, 9.17) is 9.29 Å². The molecular formula is C14H18O6S. The fourth-order valence-electron chi connectivity index (χ4n) is 2.46. The third kappa shape index (κ3) is 4.03. The molecule has 0 spiro atoms. The summed E-state index contributed by atoms with van der Waals surface area (Å²) in [5, 5.41) is 18.7. The van der Waals surface area contributed by atoms with Gasteiger partial charge in [-0.1, -0.05) is 17.7 Å². The molecule has 2 N–H and O–H groups in total. The van der Waals surface area contributed by atoms with E-state index in [-0.39, 0.29) is 24.2 Å². The van der Waals surface area contributed by atoms with E-state index in [1.165, 1.54) is 12.1 Å². The Labute approximate surface area is 123 Å². The quantitative estimate of drug-likeness (QED) is 0.813. The SMILES string of the molecule is Cc1ccc(S(=O)(=O)O[C@H]2C[C@@H](O)C[C@@H](C(=O)O)C2)cc1. The van der Waals surface area contributed by atoms with Crippen LogP contribution in [0.2, 0.25) is 0 Å². The second kappa shape index (κ2) is 6.13. The fourth-order valence-corrected chi connectivity index (χ4v) is 3.55. The lowest BCUT2D eigenvalue weighted by atomic mass is 9.85. The summed E-state index contributed by atoms with van der Waals surface area (Å²) in [7, 11) is -3.95. The Hall–Kier alpha value is -1.44. The van der Waals surface area contributed by atoms with E-state index < -0.39 is 34.2 Å².